The van der Waals surface area contributed by atoms with Crippen LogP contribution in [0.1, 0.15) is 11.1 Å². The molecular weight excluding hydrogens is 245 g/mol. The maximum atomic E-state index is 12.5. The number of oxime groups is 1. The highest BCUT2D eigenvalue weighted by atomic mass is 35.5. The predicted octanol–water partition coefficient (Wildman–Crippen LogP) is 2.65. The van der Waals surface area contributed by atoms with Crippen molar-refractivity contribution in [1.29, 1.82) is 0 Å². The summed E-state index contributed by atoms with van der Waals surface area (Å²) >= 11 is 5.58. The van der Waals surface area contributed by atoms with Gasteiger partial charge in [0.25, 0.3) is 0 Å². The van der Waals surface area contributed by atoms with E-state index in [0.29, 0.717) is 0 Å². The first-order chi connectivity index (χ1) is 7.36. The Labute approximate surface area is 94.3 Å². The maximum absolute atomic E-state index is 12.5. The van der Waals surface area contributed by atoms with E-state index in [9.17, 15) is 13.2 Å². The molecular formula is C9H8ClF3N2O. The first kappa shape index (κ1) is 12.6. The average molecular weight is 253 g/mol. The molecule has 16 heavy (non-hydrogen) atoms. The number of amidine groups is 1. The molecule has 0 amide bonds. The molecule has 0 atom stereocenters. The molecule has 1 aromatic carbocycles. The third-order valence-corrected chi connectivity index (χ3v) is 2.33. The zero-order valence-electron chi connectivity index (χ0n) is 7.92. The van der Waals surface area contributed by atoms with Gasteiger partial charge in [-0.3, -0.25) is 0 Å². The van der Waals surface area contributed by atoms with Crippen LogP contribution >= 0.6 is 11.6 Å². The standard InChI is InChI=1S/C9H8ClF3N2O/c10-8-5(4-7(14)15-16)2-1-3-6(8)9(11,12)13/h1-3,16H,4H2,(H2,14,15). The predicted molar refractivity (Wildman–Crippen MR) is 53.6 cm³/mol. The molecule has 7 heteroatoms. The largest absolute Gasteiger partial charge is 0.417 e. The van der Waals surface area contributed by atoms with Gasteiger partial charge < -0.3 is 10.9 Å². The van der Waals surface area contributed by atoms with Crippen LogP contribution in [0.3, 0.4) is 0 Å². The summed E-state index contributed by atoms with van der Waals surface area (Å²) in [5.41, 5.74) is 4.42. The molecule has 0 radical (unpaired) electrons. The van der Waals surface area contributed by atoms with Gasteiger partial charge >= 0.3 is 6.18 Å². The number of halogens is 4. The van der Waals surface area contributed by atoms with Crippen LogP contribution in [-0.4, -0.2) is 11.0 Å². The van der Waals surface area contributed by atoms with Gasteiger partial charge in [0.05, 0.1) is 10.6 Å². The number of benzene rings is 1. The Bertz CT molecular complexity index is 418. The second-order valence-corrected chi connectivity index (χ2v) is 3.42. The molecule has 0 aromatic heterocycles. The molecule has 1 aromatic rings. The molecule has 0 spiro atoms. The number of hydrogen-bond acceptors (Lipinski definition) is 2. The fourth-order valence-electron chi connectivity index (χ4n) is 1.17. The number of alkyl halides is 3. The van der Waals surface area contributed by atoms with Crippen molar-refractivity contribution in [3.05, 3.63) is 34.3 Å². The molecule has 0 saturated carbocycles. The van der Waals surface area contributed by atoms with Gasteiger partial charge in [0, 0.05) is 6.42 Å². The molecule has 88 valence electrons. The molecule has 0 aliphatic heterocycles. The summed E-state index contributed by atoms with van der Waals surface area (Å²) < 4.78 is 37.4. The van der Waals surface area contributed by atoms with Crippen molar-refractivity contribution in [2.75, 3.05) is 0 Å². The molecule has 0 unspecified atom stereocenters. The van der Waals surface area contributed by atoms with Crippen molar-refractivity contribution in [3.8, 4) is 0 Å². The second kappa shape index (κ2) is 4.61. The van der Waals surface area contributed by atoms with Crippen molar-refractivity contribution in [3.63, 3.8) is 0 Å². The lowest BCUT2D eigenvalue weighted by molar-refractivity contribution is -0.137. The fraction of sp³-hybridized carbons (Fsp3) is 0.222. The highest BCUT2D eigenvalue weighted by Crippen LogP contribution is 2.36. The van der Waals surface area contributed by atoms with E-state index in [4.69, 9.17) is 22.5 Å². The van der Waals surface area contributed by atoms with Crippen molar-refractivity contribution < 1.29 is 18.4 Å². The van der Waals surface area contributed by atoms with E-state index in [0.717, 1.165) is 6.07 Å². The lowest BCUT2D eigenvalue weighted by atomic mass is 10.1. The molecule has 0 fully saturated rings. The summed E-state index contributed by atoms with van der Waals surface area (Å²) in [5, 5.41) is 10.6. The first-order valence-corrected chi connectivity index (χ1v) is 4.55. The highest BCUT2D eigenvalue weighted by Gasteiger charge is 2.33. The van der Waals surface area contributed by atoms with Gasteiger partial charge in [-0.15, -0.1) is 0 Å². The molecule has 0 aliphatic rings. The van der Waals surface area contributed by atoms with Gasteiger partial charge in [0.1, 0.15) is 5.84 Å². The number of nitrogens with zero attached hydrogens (tertiary/aromatic N) is 1. The highest BCUT2D eigenvalue weighted by molar-refractivity contribution is 6.32. The van der Waals surface area contributed by atoms with Crippen LogP contribution in [0.5, 0.6) is 0 Å². The Morgan fingerprint density at radius 1 is 1.44 bits per heavy atom. The lowest BCUT2D eigenvalue weighted by Gasteiger charge is -2.11. The van der Waals surface area contributed by atoms with Gasteiger partial charge in [-0.1, -0.05) is 28.9 Å². The summed E-state index contributed by atoms with van der Waals surface area (Å²) in [6, 6.07) is 3.47. The summed E-state index contributed by atoms with van der Waals surface area (Å²) in [7, 11) is 0. The van der Waals surface area contributed by atoms with Gasteiger partial charge in [-0.25, -0.2) is 0 Å². The Kier molecular flexibility index (Phi) is 3.64. The molecule has 1 rings (SSSR count). The number of hydrogen-bond donors (Lipinski definition) is 2. The van der Waals surface area contributed by atoms with Crippen LogP contribution in [0, 0.1) is 0 Å². The second-order valence-electron chi connectivity index (χ2n) is 3.04. The van der Waals surface area contributed by atoms with E-state index in [2.05, 4.69) is 5.16 Å². The minimum absolute atomic E-state index is 0.140. The van der Waals surface area contributed by atoms with Crippen LogP contribution in [-0.2, 0) is 12.6 Å². The van der Waals surface area contributed by atoms with Crippen molar-refractivity contribution in [2.24, 2.45) is 10.9 Å². The zero-order chi connectivity index (χ0) is 12.3. The van der Waals surface area contributed by atoms with E-state index in [1.54, 1.807) is 0 Å². The van der Waals surface area contributed by atoms with E-state index < -0.39 is 16.8 Å². The average Bonchev–Trinajstić information content (AvgIpc) is 2.19. The SMILES string of the molecule is N/C(Cc1cccc(C(F)(F)F)c1Cl)=N/O. The van der Waals surface area contributed by atoms with E-state index >= 15 is 0 Å². The molecule has 0 bridgehead atoms. The van der Waals surface area contributed by atoms with Gasteiger partial charge in [0.15, 0.2) is 0 Å². The fourth-order valence-corrected chi connectivity index (χ4v) is 1.47. The minimum Gasteiger partial charge on any atom is -0.409 e. The maximum Gasteiger partial charge on any atom is 0.417 e. The van der Waals surface area contributed by atoms with Crippen LogP contribution in [0.4, 0.5) is 13.2 Å². The Hall–Kier alpha value is -1.43. The third-order valence-electron chi connectivity index (χ3n) is 1.88. The Morgan fingerprint density at radius 2 is 2.06 bits per heavy atom. The van der Waals surface area contributed by atoms with Crippen LogP contribution in [0.2, 0.25) is 5.02 Å². The van der Waals surface area contributed by atoms with Crippen molar-refractivity contribution in [1.82, 2.24) is 0 Å². The van der Waals surface area contributed by atoms with Crippen molar-refractivity contribution >= 4 is 17.4 Å². The number of nitrogens with two attached hydrogens (primary N) is 1. The molecule has 0 heterocycles. The zero-order valence-corrected chi connectivity index (χ0v) is 8.68. The van der Waals surface area contributed by atoms with Gasteiger partial charge in [0.2, 0.25) is 0 Å². The summed E-state index contributed by atoms with van der Waals surface area (Å²) in [6.07, 6.45) is -4.66. The summed E-state index contributed by atoms with van der Waals surface area (Å²) in [5.74, 6) is -0.207. The topological polar surface area (TPSA) is 58.6 Å². The number of rotatable bonds is 2. The minimum atomic E-state index is -4.52. The van der Waals surface area contributed by atoms with Gasteiger partial charge in [-0.2, -0.15) is 13.2 Å². The first-order valence-electron chi connectivity index (χ1n) is 4.17. The molecule has 3 N–H and O–H groups in total. The summed E-state index contributed by atoms with van der Waals surface area (Å²) in [4.78, 5) is 0. The third kappa shape index (κ3) is 2.79. The lowest BCUT2D eigenvalue weighted by Crippen LogP contribution is -2.16. The van der Waals surface area contributed by atoms with Gasteiger partial charge in [-0.05, 0) is 11.6 Å². The van der Waals surface area contributed by atoms with E-state index in [1.807, 2.05) is 0 Å². The summed E-state index contributed by atoms with van der Waals surface area (Å²) in [6.45, 7) is 0. The molecule has 0 aliphatic carbocycles. The Morgan fingerprint density at radius 3 is 2.56 bits per heavy atom. The molecule has 3 nitrogen and oxygen atoms in total. The van der Waals surface area contributed by atoms with Crippen LogP contribution < -0.4 is 5.73 Å². The van der Waals surface area contributed by atoms with E-state index in [-0.39, 0.29) is 17.8 Å². The smallest absolute Gasteiger partial charge is 0.409 e. The van der Waals surface area contributed by atoms with Crippen LogP contribution in [0.25, 0.3) is 0 Å². The van der Waals surface area contributed by atoms with E-state index in [1.165, 1.54) is 12.1 Å². The Balaban J connectivity index is 3.14. The van der Waals surface area contributed by atoms with Crippen LogP contribution in [0.15, 0.2) is 23.4 Å². The monoisotopic (exact) mass is 252 g/mol. The normalized spacial score (nSPS) is 12.9. The molecule has 0 saturated heterocycles. The van der Waals surface area contributed by atoms with Crippen molar-refractivity contribution in [2.45, 2.75) is 12.6 Å². The quantitative estimate of drug-likeness (QED) is 0.368.